The van der Waals surface area contributed by atoms with E-state index in [0.717, 1.165) is 30.7 Å². The molecule has 1 atom stereocenters. The minimum absolute atomic E-state index is 0.00593. The van der Waals surface area contributed by atoms with E-state index in [4.69, 9.17) is 17.0 Å². The summed E-state index contributed by atoms with van der Waals surface area (Å²) in [7, 11) is 2.03. The highest BCUT2D eigenvalue weighted by Gasteiger charge is 2.34. The Bertz CT molecular complexity index is 657. The van der Waals surface area contributed by atoms with Crippen LogP contribution in [0.25, 0.3) is 6.08 Å². The average molecular weight is 336 g/mol. The van der Waals surface area contributed by atoms with E-state index in [1.165, 1.54) is 17.5 Å². The van der Waals surface area contributed by atoms with Crippen LogP contribution >= 0.6 is 24.0 Å². The molecule has 6 heteroatoms. The number of carbonyl (C=O) groups excluding carboxylic acids is 1. The normalized spacial score (nSPS) is 24.0. The van der Waals surface area contributed by atoms with Crippen LogP contribution in [0.1, 0.15) is 29.8 Å². The first-order valence-electron chi connectivity index (χ1n) is 7.47. The number of rotatable bonds is 3. The van der Waals surface area contributed by atoms with E-state index in [1.807, 2.05) is 13.1 Å². The summed E-state index contributed by atoms with van der Waals surface area (Å²) in [6, 6.07) is 2.10. The molecular formula is C16H20N2O2S2. The number of thioether (sulfide) groups is 1. The highest BCUT2D eigenvalue weighted by Crippen LogP contribution is 2.34. The zero-order chi connectivity index (χ0) is 15.9. The maximum Gasteiger partial charge on any atom is 0.266 e. The van der Waals surface area contributed by atoms with Gasteiger partial charge in [-0.25, -0.2) is 0 Å². The molecule has 0 saturated carbocycles. The standard InChI is InChI=1S/C16H20N2O2S2/c1-10-7-12(11(2)17(10)3)8-14-15(19)18(16(21)22-14)9-13-5-4-6-20-13/h7-8,13H,4-6,9H2,1-3H3/b14-8-/t13-/m1/s1. The number of aryl methyl sites for hydroxylation is 1. The lowest BCUT2D eigenvalue weighted by molar-refractivity contribution is -0.123. The van der Waals surface area contributed by atoms with Crippen LogP contribution in [0, 0.1) is 13.8 Å². The lowest BCUT2D eigenvalue weighted by Gasteiger charge is -2.18. The molecule has 3 rings (SSSR count). The molecule has 0 spiro atoms. The molecule has 2 aliphatic rings. The fourth-order valence-corrected chi connectivity index (χ4v) is 4.09. The second kappa shape index (κ2) is 6.18. The van der Waals surface area contributed by atoms with Crippen LogP contribution in [0.15, 0.2) is 11.0 Å². The molecule has 1 aromatic rings. The van der Waals surface area contributed by atoms with Gasteiger partial charge in [-0.1, -0.05) is 24.0 Å². The molecule has 2 aliphatic heterocycles. The van der Waals surface area contributed by atoms with Crippen molar-refractivity contribution < 1.29 is 9.53 Å². The van der Waals surface area contributed by atoms with Gasteiger partial charge in [-0.3, -0.25) is 9.69 Å². The third-order valence-corrected chi connectivity index (χ3v) is 5.76. The van der Waals surface area contributed by atoms with Crippen LogP contribution in [0.5, 0.6) is 0 Å². The largest absolute Gasteiger partial charge is 0.376 e. The summed E-state index contributed by atoms with van der Waals surface area (Å²) in [6.45, 7) is 5.49. The third-order valence-electron chi connectivity index (χ3n) is 4.38. The Morgan fingerprint density at radius 3 is 2.86 bits per heavy atom. The summed E-state index contributed by atoms with van der Waals surface area (Å²) in [5.41, 5.74) is 3.41. The van der Waals surface area contributed by atoms with Crippen molar-refractivity contribution >= 4 is 40.3 Å². The number of ether oxygens (including phenoxy) is 1. The number of hydrogen-bond acceptors (Lipinski definition) is 4. The molecule has 0 radical (unpaired) electrons. The summed E-state index contributed by atoms with van der Waals surface area (Å²) in [4.78, 5) is 15.0. The van der Waals surface area contributed by atoms with Gasteiger partial charge in [-0.05, 0) is 44.4 Å². The van der Waals surface area contributed by atoms with E-state index < -0.39 is 0 Å². The zero-order valence-corrected chi connectivity index (χ0v) is 14.7. The highest BCUT2D eigenvalue weighted by molar-refractivity contribution is 8.26. The monoisotopic (exact) mass is 336 g/mol. The molecule has 1 aromatic heterocycles. The van der Waals surface area contributed by atoms with Crippen LogP contribution in [-0.4, -0.2) is 39.0 Å². The fraction of sp³-hybridized carbons (Fsp3) is 0.500. The van der Waals surface area contributed by atoms with E-state index >= 15 is 0 Å². The van der Waals surface area contributed by atoms with Crippen molar-refractivity contribution in [2.75, 3.05) is 13.2 Å². The van der Waals surface area contributed by atoms with Crippen molar-refractivity contribution in [1.29, 1.82) is 0 Å². The molecule has 0 aliphatic carbocycles. The van der Waals surface area contributed by atoms with Crippen molar-refractivity contribution in [3.63, 3.8) is 0 Å². The van der Waals surface area contributed by atoms with Crippen LogP contribution < -0.4 is 0 Å². The van der Waals surface area contributed by atoms with E-state index in [2.05, 4.69) is 24.5 Å². The van der Waals surface area contributed by atoms with Crippen molar-refractivity contribution in [1.82, 2.24) is 9.47 Å². The summed E-state index contributed by atoms with van der Waals surface area (Å²) >= 11 is 6.76. The zero-order valence-electron chi connectivity index (χ0n) is 13.1. The number of nitrogens with zero attached hydrogens (tertiary/aromatic N) is 2. The molecule has 2 fully saturated rings. The van der Waals surface area contributed by atoms with Crippen LogP contribution in [-0.2, 0) is 16.6 Å². The van der Waals surface area contributed by atoms with Crippen LogP contribution in [0.2, 0.25) is 0 Å². The van der Waals surface area contributed by atoms with E-state index in [9.17, 15) is 4.79 Å². The summed E-state index contributed by atoms with van der Waals surface area (Å²) in [5.74, 6) is 0.00593. The second-order valence-electron chi connectivity index (χ2n) is 5.81. The van der Waals surface area contributed by atoms with E-state index in [0.29, 0.717) is 15.8 Å². The number of carbonyl (C=O) groups is 1. The molecule has 22 heavy (non-hydrogen) atoms. The Morgan fingerprint density at radius 2 is 2.27 bits per heavy atom. The van der Waals surface area contributed by atoms with Gasteiger partial charge in [-0.15, -0.1) is 0 Å². The van der Waals surface area contributed by atoms with Gasteiger partial charge >= 0.3 is 0 Å². The van der Waals surface area contributed by atoms with Gasteiger partial charge in [0.1, 0.15) is 4.32 Å². The summed E-state index contributed by atoms with van der Waals surface area (Å²) < 4.78 is 8.38. The smallest absolute Gasteiger partial charge is 0.266 e. The van der Waals surface area contributed by atoms with Gasteiger partial charge in [0.05, 0.1) is 17.6 Å². The number of amides is 1. The van der Waals surface area contributed by atoms with E-state index in [1.54, 1.807) is 4.90 Å². The predicted molar refractivity (Wildman–Crippen MR) is 93.7 cm³/mol. The van der Waals surface area contributed by atoms with Crippen molar-refractivity contribution in [3.8, 4) is 0 Å². The average Bonchev–Trinajstić information content (AvgIpc) is 3.14. The van der Waals surface area contributed by atoms with E-state index in [-0.39, 0.29) is 12.0 Å². The van der Waals surface area contributed by atoms with Crippen LogP contribution in [0.3, 0.4) is 0 Å². The fourth-order valence-electron chi connectivity index (χ4n) is 2.82. The lowest BCUT2D eigenvalue weighted by Crippen LogP contribution is -2.35. The molecule has 0 unspecified atom stereocenters. The Balaban J connectivity index is 1.80. The first-order chi connectivity index (χ1) is 10.5. The van der Waals surface area contributed by atoms with Gasteiger partial charge in [0.25, 0.3) is 5.91 Å². The Hall–Kier alpha value is -1.11. The minimum Gasteiger partial charge on any atom is -0.376 e. The van der Waals surface area contributed by atoms with Gasteiger partial charge in [0, 0.05) is 25.0 Å². The Kier molecular flexibility index (Phi) is 4.43. The SMILES string of the molecule is Cc1cc(/C=C2\SC(=S)N(C[C@H]3CCCO3)C2=O)c(C)n1C. The molecule has 4 nitrogen and oxygen atoms in total. The number of thiocarbonyl (C=S) groups is 1. The molecule has 3 heterocycles. The van der Waals surface area contributed by atoms with Crippen molar-refractivity contribution in [2.45, 2.75) is 32.8 Å². The molecular weight excluding hydrogens is 316 g/mol. The lowest BCUT2D eigenvalue weighted by atomic mass is 10.2. The molecule has 2 saturated heterocycles. The second-order valence-corrected chi connectivity index (χ2v) is 7.49. The van der Waals surface area contributed by atoms with Gasteiger partial charge in [0.15, 0.2) is 0 Å². The number of aromatic nitrogens is 1. The number of hydrogen-bond donors (Lipinski definition) is 0. The molecule has 0 aromatic carbocycles. The maximum absolute atomic E-state index is 12.6. The highest BCUT2D eigenvalue weighted by atomic mass is 32.2. The molecule has 118 valence electrons. The maximum atomic E-state index is 12.6. The van der Waals surface area contributed by atoms with Crippen molar-refractivity contribution in [2.24, 2.45) is 7.05 Å². The minimum atomic E-state index is 0.00593. The quantitative estimate of drug-likeness (QED) is 0.628. The third kappa shape index (κ3) is 2.87. The molecule has 0 N–H and O–H groups in total. The summed E-state index contributed by atoms with van der Waals surface area (Å²) in [6.07, 6.45) is 4.16. The summed E-state index contributed by atoms with van der Waals surface area (Å²) in [5, 5.41) is 0. The van der Waals surface area contributed by atoms with Gasteiger partial charge in [-0.2, -0.15) is 0 Å². The first kappa shape index (κ1) is 15.8. The van der Waals surface area contributed by atoms with Crippen LogP contribution in [0.4, 0.5) is 0 Å². The predicted octanol–water partition coefficient (Wildman–Crippen LogP) is 3.02. The van der Waals surface area contributed by atoms with Crippen molar-refractivity contribution in [3.05, 3.63) is 27.9 Å². The Labute approximate surface area is 140 Å². The molecule has 0 bridgehead atoms. The first-order valence-corrected chi connectivity index (χ1v) is 8.69. The van der Waals surface area contributed by atoms with Gasteiger partial charge in [0.2, 0.25) is 0 Å². The topological polar surface area (TPSA) is 34.5 Å². The van der Waals surface area contributed by atoms with Gasteiger partial charge < -0.3 is 9.30 Å². The molecule has 1 amide bonds. The Morgan fingerprint density at radius 1 is 1.50 bits per heavy atom.